The normalized spacial score (nSPS) is 10.7. The first-order valence-corrected chi connectivity index (χ1v) is 8.08. The lowest BCUT2D eigenvalue weighted by Gasteiger charge is -2.16. The van der Waals surface area contributed by atoms with E-state index in [4.69, 9.17) is 4.74 Å². The van der Waals surface area contributed by atoms with Gasteiger partial charge in [0.2, 0.25) is 0 Å². The zero-order valence-corrected chi connectivity index (χ0v) is 13.5. The number of carbonyl (C=O) groups excluding carboxylic acids is 1. The van der Waals surface area contributed by atoms with Gasteiger partial charge in [-0.1, -0.05) is 24.3 Å². The molecule has 0 aliphatic carbocycles. The molecule has 3 rings (SSSR count). The van der Waals surface area contributed by atoms with Gasteiger partial charge < -0.3 is 9.64 Å². The first kappa shape index (κ1) is 15.5. The highest BCUT2D eigenvalue weighted by Crippen LogP contribution is 2.28. The molecule has 23 heavy (non-hydrogen) atoms. The van der Waals surface area contributed by atoms with Crippen molar-refractivity contribution < 1.29 is 13.9 Å². The minimum atomic E-state index is -0.298. The van der Waals surface area contributed by atoms with E-state index in [1.54, 1.807) is 24.1 Å². The van der Waals surface area contributed by atoms with Crippen LogP contribution < -0.4 is 4.74 Å². The second kappa shape index (κ2) is 6.79. The Balaban J connectivity index is 1.63. The van der Waals surface area contributed by atoms with E-state index in [2.05, 4.69) is 0 Å². The third kappa shape index (κ3) is 3.51. The molecule has 0 aliphatic rings. The lowest BCUT2D eigenvalue weighted by Crippen LogP contribution is -2.30. The van der Waals surface area contributed by atoms with Gasteiger partial charge in [0, 0.05) is 17.1 Å². The van der Waals surface area contributed by atoms with Crippen LogP contribution in [-0.4, -0.2) is 31.0 Å². The molecule has 0 unspecified atom stereocenters. The lowest BCUT2D eigenvalue weighted by molar-refractivity contribution is 0.0778. The summed E-state index contributed by atoms with van der Waals surface area (Å²) in [7, 11) is 1.72. The Kier molecular flexibility index (Phi) is 4.57. The summed E-state index contributed by atoms with van der Waals surface area (Å²) >= 11 is 1.31. The molecule has 0 saturated carbocycles. The maximum Gasteiger partial charge on any atom is 0.263 e. The van der Waals surface area contributed by atoms with Crippen LogP contribution in [0.15, 0.2) is 54.6 Å². The number of carbonyl (C=O) groups is 1. The number of nitrogens with zero attached hydrogens (tertiary/aromatic N) is 1. The predicted octanol–water partition coefficient (Wildman–Crippen LogP) is 4.19. The van der Waals surface area contributed by atoms with Crippen molar-refractivity contribution in [1.29, 1.82) is 0 Å². The van der Waals surface area contributed by atoms with Crippen molar-refractivity contribution in [1.82, 2.24) is 4.90 Å². The van der Waals surface area contributed by atoms with Crippen LogP contribution in [0.2, 0.25) is 0 Å². The SMILES string of the molecule is CN(CCOc1ccccc1)C(=O)c1cc2c(F)cccc2s1. The topological polar surface area (TPSA) is 29.5 Å². The highest BCUT2D eigenvalue weighted by Gasteiger charge is 2.16. The Morgan fingerprint density at radius 2 is 1.96 bits per heavy atom. The zero-order chi connectivity index (χ0) is 16.2. The van der Waals surface area contributed by atoms with Gasteiger partial charge in [-0.15, -0.1) is 11.3 Å². The fraction of sp³-hybridized carbons (Fsp3) is 0.167. The molecule has 0 aliphatic heterocycles. The van der Waals surface area contributed by atoms with Crippen LogP contribution in [0.5, 0.6) is 5.75 Å². The van der Waals surface area contributed by atoms with Gasteiger partial charge >= 0.3 is 0 Å². The first-order chi connectivity index (χ1) is 11.1. The Morgan fingerprint density at radius 1 is 1.17 bits per heavy atom. The maximum atomic E-state index is 13.7. The molecule has 3 aromatic rings. The van der Waals surface area contributed by atoms with E-state index in [9.17, 15) is 9.18 Å². The summed E-state index contributed by atoms with van der Waals surface area (Å²) in [6, 6.07) is 16.0. The number of likely N-dealkylation sites (N-methyl/N-ethyl adjacent to an activating group) is 1. The highest BCUT2D eigenvalue weighted by molar-refractivity contribution is 7.20. The number of ether oxygens (including phenoxy) is 1. The lowest BCUT2D eigenvalue weighted by atomic mass is 10.2. The molecule has 1 amide bonds. The summed E-state index contributed by atoms with van der Waals surface area (Å²) in [4.78, 5) is 14.5. The number of fused-ring (bicyclic) bond motifs is 1. The second-order valence-corrected chi connectivity index (χ2v) is 6.23. The smallest absolute Gasteiger partial charge is 0.263 e. The quantitative estimate of drug-likeness (QED) is 0.702. The van der Waals surface area contributed by atoms with Crippen molar-refractivity contribution in [2.24, 2.45) is 0 Å². The van der Waals surface area contributed by atoms with Gasteiger partial charge in [-0.25, -0.2) is 4.39 Å². The van der Waals surface area contributed by atoms with Gasteiger partial charge in [0.25, 0.3) is 5.91 Å². The minimum absolute atomic E-state index is 0.123. The fourth-order valence-corrected chi connectivity index (χ4v) is 3.31. The molecule has 0 spiro atoms. The molecule has 1 aromatic heterocycles. The molecule has 2 aromatic carbocycles. The molecule has 0 N–H and O–H groups in total. The zero-order valence-electron chi connectivity index (χ0n) is 12.7. The summed E-state index contributed by atoms with van der Waals surface area (Å²) in [5, 5.41) is 0.495. The summed E-state index contributed by atoms with van der Waals surface area (Å²) in [5.41, 5.74) is 0. The van der Waals surface area contributed by atoms with Gasteiger partial charge in [0.1, 0.15) is 18.2 Å². The van der Waals surface area contributed by atoms with Crippen molar-refractivity contribution in [3.8, 4) is 5.75 Å². The first-order valence-electron chi connectivity index (χ1n) is 7.26. The number of rotatable bonds is 5. The van der Waals surface area contributed by atoms with Crippen molar-refractivity contribution in [3.05, 3.63) is 65.3 Å². The standard InChI is InChI=1S/C18H16FNO2S/c1-20(10-11-22-13-6-3-2-4-7-13)18(21)17-12-14-15(19)8-5-9-16(14)23-17/h2-9,12H,10-11H2,1H3. The molecule has 0 radical (unpaired) electrons. The monoisotopic (exact) mass is 329 g/mol. The maximum absolute atomic E-state index is 13.7. The summed E-state index contributed by atoms with van der Waals surface area (Å²) in [6.45, 7) is 0.871. The second-order valence-electron chi connectivity index (χ2n) is 5.15. The van der Waals surface area contributed by atoms with Gasteiger partial charge in [0.05, 0.1) is 11.4 Å². The molecule has 5 heteroatoms. The number of para-hydroxylation sites is 1. The summed E-state index contributed by atoms with van der Waals surface area (Å²) in [5.74, 6) is 0.354. The number of benzene rings is 2. The summed E-state index contributed by atoms with van der Waals surface area (Å²) < 4.78 is 20.1. The molecule has 0 bridgehead atoms. The van der Waals surface area contributed by atoms with E-state index in [0.717, 1.165) is 10.4 Å². The molecule has 1 heterocycles. The van der Waals surface area contributed by atoms with Crippen LogP contribution >= 0.6 is 11.3 Å². The van der Waals surface area contributed by atoms with E-state index in [-0.39, 0.29) is 11.7 Å². The molecule has 0 saturated heterocycles. The Hall–Kier alpha value is -2.40. The third-order valence-electron chi connectivity index (χ3n) is 3.50. The van der Waals surface area contributed by atoms with Crippen LogP contribution in [0, 0.1) is 5.82 Å². The van der Waals surface area contributed by atoms with E-state index in [0.29, 0.717) is 23.4 Å². The largest absolute Gasteiger partial charge is 0.492 e. The molecule has 118 valence electrons. The van der Waals surface area contributed by atoms with Crippen LogP contribution in [-0.2, 0) is 0 Å². The van der Waals surface area contributed by atoms with Crippen LogP contribution in [0.4, 0.5) is 4.39 Å². The van der Waals surface area contributed by atoms with Crippen LogP contribution in [0.1, 0.15) is 9.67 Å². The van der Waals surface area contributed by atoms with Gasteiger partial charge in [-0.3, -0.25) is 4.79 Å². The third-order valence-corrected chi connectivity index (χ3v) is 4.59. The summed E-state index contributed by atoms with van der Waals surface area (Å²) in [6.07, 6.45) is 0. The van der Waals surface area contributed by atoms with Crippen molar-refractivity contribution in [3.63, 3.8) is 0 Å². The van der Waals surface area contributed by atoms with Gasteiger partial charge in [-0.2, -0.15) is 0 Å². The number of halogens is 1. The number of amides is 1. The van der Waals surface area contributed by atoms with Crippen LogP contribution in [0.3, 0.4) is 0 Å². The van der Waals surface area contributed by atoms with Crippen molar-refractivity contribution in [2.75, 3.05) is 20.2 Å². The van der Waals surface area contributed by atoms with E-state index >= 15 is 0 Å². The van der Waals surface area contributed by atoms with Crippen LogP contribution in [0.25, 0.3) is 10.1 Å². The van der Waals surface area contributed by atoms with Crippen molar-refractivity contribution >= 4 is 27.3 Å². The van der Waals surface area contributed by atoms with E-state index < -0.39 is 0 Å². The average molecular weight is 329 g/mol. The highest BCUT2D eigenvalue weighted by atomic mass is 32.1. The van der Waals surface area contributed by atoms with E-state index in [1.807, 2.05) is 36.4 Å². The Morgan fingerprint density at radius 3 is 2.70 bits per heavy atom. The van der Waals surface area contributed by atoms with Gasteiger partial charge in [0.15, 0.2) is 0 Å². The molecule has 3 nitrogen and oxygen atoms in total. The van der Waals surface area contributed by atoms with Crippen molar-refractivity contribution in [2.45, 2.75) is 0 Å². The molecular formula is C18H16FNO2S. The molecule has 0 atom stereocenters. The predicted molar refractivity (Wildman–Crippen MR) is 90.7 cm³/mol. The average Bonchev–Trinajstić information content (AvgIpc) is 3.00. The number of hydrogen-bond acceptors (Lipinski definition) is 3. The Bertz CT molecular complexity index is 816. The number of thiophene rings is 1. The number of hydrogen-bond donors (Lipinski definition) is 0. The van der Waals surface area contributed by atoms with E-state index in [1.165, 1.54) is 17.4 Å². The Labute approximate surface area is 137 Å². The molecule has 0 fully saturated rings. The fourth-order valence-electron chi connectivity index (χ4n) is 2.24. The van der Waals surface area contributed by atoms with Gasteiger partial charge in [-0.05, 0) is 30.3 Å². The molecular weight excluding hydrogens is 313 g/mol. The minimum Gasteiger partial charge on any atom is -0.492 e.